The summed E-state index contributed by atoms with van der Waals surface area (Å²) in [7, 11) is 0. The molecule has 10 N–H and O–H groups in total. The summed E-state index contributed by atoms with van der Waals surface area (Å²) in [4.78, 5) is 31.2. The number of nitrogens with zero attached hydrogens (tertiary/aromatic N) is 3. The Bertz CT molecular complexity index is 834. The van der Waals surface area contributed by atoms with Crippen molar-refractivity contribution in [1.82, 2.24) is 9.55 Å². The van der Waals surface area contributed by atoms with Crippen LogP contribution in [0.1, 0.15) is 20.4 Å². The second-order valence-electron chi connectivity index (χ2n) is 6.19. The Morgan fingerprint density at radius 1 is 1.48 bits per heavy atom. The number of ether oxygens (including phenoxy) is 2. The van der Waals surface area contributed by atoms with E-state index in [1.807, 2.05) is 0 Å². The number of nitrogens with two attached hydrogens (primary N) is 3. The van der Waals surface area contributed by atoms with E-state index in [4.69, 9.17) is 33.3 Å². The van der Waals surface area contributed by atoms with Crippen LogP contribution in [0.5, 0.6) is 0 Å². The Labute approximate surface area is 166 Å². The first-order chi connectivity index (χ1) is 14.1. The third-order valence-electron chi connectivity index (χ3n) is 4.05. The standard InChI is InChI=1S/C15H25N7O7/c16-7(2-1-4-19-14(17)18)13(25)28-6-8-10(23)11(24)12(29-8)22-5-3-9(21-27)20-15(22)26/h3,5,7-8,10-12,23-24,27H,1-2,4,6,16H2,(H4,17,18,19)(H,20,21,26)/t7-,8+,10+,11+,12+/m0/s1/i12D. The van der Waals surface area contributed by atoms with Crippen LogP contribution in [0.2, 0.25) is 0 Å². The number of aliphatic imine (C=N–C) groups is 1. The average Bonchev–Trinajstić information content (AvgIpc) is 2.93. The van der Waals surface area contributed by atoms with E-state index >= 15 is 0 Å². The number of aromatic nitrogens is 2. The number of hydrogen-bond donors (Lipinski definition) is 7. The van der Waals surface area contributed by atoms with E-state index in [1.54, 1.807) is 5.48 Å². The van der Waals surface area contributed by atoms with Crippen molar-refractivity contribution in [2.45, 2.75) is 43.4 Å². The maximum Gasteiger partial charge on any atom is 0.351 e. The lowest BCUT2D eigenvalue weighted by atomic mass is 10.1. The third kappa shape index (κ3) is 5.85. The highest BCUT2D eigenvalue weighted by Crippen LogP contribution is 2.28. The zero-order valence-electron chi connectivity index (χ0n) is 16.3. The number of nitrogens with one attached hydrogen (secondary N) is 1. The van der Waals surface area contributed by atoms with Gasteiger partial charge in [0.1, 0.15) is 31.0 Å². The zero-order chi connectivity index (χ0) is 22.5. The largest absolute Gasteiger partial charge is 0.462 e. The molecule has 0 bridgehead atoms. The average molecular weight is 416 g/mol. The van der Waals surface area contributed by atoms with Crippen molar-refractivity contribution in [2.24, 2.45) is 22.2 Å². The first-order valence-electron chi connectivity index (χ1n) is 9.12. The van der Waals surface area contributed by atoms with Gasteiger partial charge in [-0.1, -0.05) is 0 Å². The quantitative estimate of drug-likeness (QED) is 0.0685. The number of esters is 1. The molecule has 0 aromatic carbocycles. The van der Waals surface area contributed by atoms with E-state index in [9.17, 15) is 19.8 Å². The van der Waals surface area contributed by atoms with Gasteiger partial charge in [-0.25, -0.2) is 4.79 Å². The molecule has 1 aromatic heterocycles. The van der Waals surface area contributed by atoms with Gasteiger partial charge < -0.3 is 36.9 Å². The van der Waals surface area contributed by atoms with Crippen LogP contribution in [-0.4, -0.2) is 74.4 Å². The fourth-order valence-electron chi connectivity index (χ4n) is 2.52. The summed E-state index contributed by atoms with van der Waals surface area (Å²) >= 11 is 0. The highest BCUT2D eigenvalue weighted by molar-refractivity contribution is 5.76. The Morgan fingerprint density at radius 2 is 2.21 bits per heavy atom. The lowest BCUT2D eigenvalue weighted by molar-refractivity contribution is -0.151. The highest BCUT2D eigenvalue weighted by atomic mass is 16.6. The molecule has 0 aliphatic carbocycles. The number of carbonyl (C=O) groups excluding carboxylic acids is 1. The van der Waals surface area contributed by atoms with Crippen molar-refractivity contribution >= 4 is 17.7 Å². The summed E-state index contributed by atoms with van der Waals surface area (Å²) in [6.07, 6.45) is -5.54. The van der Waals surface area contributed by atoms with E-state index in [-0.39, 0.29) is 24.7 Å². The predicted molar refractivity (Wildman–Crippen MR) is 98.7 cm³/mol. The Hall–Kier alpha value is -2.78. The third-order valence-corrected chi connectivity index (χ3v) is 4.05. The molecule has 5 atom stereocenters. The van der Waals surface area contributed by atoms with Crippen LogP contribution in [0.4, 0.5) is 5.82 Å². The predicted octanol–water partition coefficient (Wildman–Crippen LogP) is -3.41. The normalized spacial score (nSPS) is 27.7. The molecule has 14 nitrogen and oxygen atoms in total. The van der Waals surface area contributed by atoms with Crippen molar-refractivity contribution in [2.75, 3.05) is 18.6 Å². The molecule has 0 spiro atoms. The fraction of sp³-hybridized carbons (Fsp3) is 0.600. The molecule has 1 aliphatic heterocycles. The molecule has 0 unspecified atom stereocenters. The second kappa shape index (κ2) is 10.1. The maximum absolute atomic E-state index is 12.1. The number of aliphatic hydroxyl groups excluding tert-OH is 2. The van der Waals surface area contributed by atoms with Crippen LogP contribution in [0.3, 0.4) is 0 Å². The van der Waals surface area contributed by atoms with Crippen LogP contribution in [0.15, 0.2) is 22.1 Å². The summed E-state index contributed by atoms with van der Waals surface area (Å²) in [6.45, 7) is -0.230. The Balaban J connectivity index is 1.97. The minimum absolute atomic E-state index is 0.0764. The number of carbonyl (C=O) groups is 1. The number of guanidine groups is 1. The molecule has 0 amide bonds. The van der Waals surface area contributed by atoms with Gasteiger partial charge in [-0.3, -0.25) is 25.0 Å². The smallest absolute Gasteiger partial charge is 0.351 e. The van der Waals surface area contributed by atoms with E-state index in [1.165, 1.54) is 0 Å². The molecular weight excluding hydrogens is 390 g/mol. The van der Waals surface area contributed by atoms with Gasteiger partial charge in [0.25, 0.3) is 0 Å². The Kier molecular flexibility index (Phi) is 7.31. The van der Waals surface area contributed by atoms with Gasteiger partial charge in [0, 0.05) is 12.7 Å². The van der Waals surface area contributed by atoms with Gasteiger partial charge in [0.2, 0.25) is 0 Å². The summed E-state index contributed by atoms with van der Waals surface area (Å²) in [5.41, 5.74) is 16.7. The van der Waals surface area contributed by atoms with Crippen molar-refractivity contribution in [3.8, 4) is 0 Å². The minimum atomic E-state index is -2.43. The molecule has 162 valence electrons. The van der Waals surface area contributed by atoms with Gasteiger partial charge in [-0.15, -0.1) is 0 Å². The second-order valence-corrected chi connectivity index (χ2v) is 6.19. The lowest BCUT2D eigenvalue weighted by Gasteiger charge is -2.17. The molecule has 1 aromatic rings. The monoisotopic (exact) mass is 416 g/mol. The summed E-state index contributed by atoms with van der Waals surface area (Å²) in [6, 6.07) is 0.170. The molecule has 0 radical (unpaired) electrons. The first kappa shape index (κ1) is 20.9. The topological polar surface area (TPSA) is 234 Å². The zero-order valence-corrected chi connectivity index (χ0v) is 15.3. The first-order valence-corrected chi connectivity index (χ1v) is 8.62. The van der Waals surface area contributed by atoms with Gasteiger partial charge in [-0.2, -0.15) is 4.98 Å². The van der Waals surface area contributed by atoms with Gasteiger partial charge >= 0.3 is 11.7 Å². The van der Waals surface area contributed by atoms with Crippen molar-refractivity contribution in [3.63, 3.8) is 0 Å². The molecule has 29 heavy (non-hydrogen) atoms. The number of anilines is 1. The number of hydrogen-bond acceptors (Lipinski definition) is 11. The van der Waals surface area contributed by atoms with Crippen LogP contribution in [-0.2, 0) is 14.3 Å². The van der Waals surface area contributed by atoms with Crippen molar-refractivity contribution in [1.29, 1.82) is 0 Å². The molecular formula is C15H25N7O7. The molecule has 1 fully saturated rings. The van der Waals surface area contributed by atoms with Crippen molar-refractivity contribution < 1.29 is 31.1 Å². The van der Waals surface area contributed by atoms with E-state index in [0.29, 0.717) is 11.0 Å². The van der Waals surface area contributed by atoms with E-state index < -0.39 is 48.8 Å². The van der Waals surface area contributed by atoms with Gasteiger partial charge in [-0.05, 0) is 18.9 Å². The summed E-state index contributed by atoms with van der Waals surface area (Å²) in [5.74, 6) is -1.05. The van der Waals surface area contributed by atoms with Crippen molar-refractivity contribution in [3.05, 3.63) is 22.7 Å². The van der Waals surface area contributed by atoms with E-state index in [2.05, 4.69) is 9.98 Å². The number of aliphatic hydroxyl groups is 2. The molecule has 2 heterocycles. The molecule has 14 heteroatoms. The van der Waals surface area contributed by atoms with Crippen LogP contribution < -0.4 is 28.4 Å². The minimum Gasteiger partial charge on any atom is -0.462 e. The van der Waals surface area contributed by atoms with Crippen LogP contribution >= 0.6 is 0 Å². The van der Waals surface area contributed by atoms with Gasteiger partial charge in [0.15, 0.2) is 18.0 Å². The molecule has 1 aliphatic rings. The highest BCUT2D eigenvalue weighted by Gasteiger charge is 2.44. The molecule has 2 rings (SSSR count). The Morgan fingerprint density at radius 3 is 2.83 bits per heavy atom. The SMILES string of the molecule is [2H][C@@]1(n2ccc(NO)nc2=O)O[C@H](COC(=O)[C@@H](N)CCCN=C(N)N)[C@@H](O)[C@H]1O. The lowest BCUT2D eigenvalue weighted by Crippen LogP contribution is -2.38. The molecule has 1 saturated heterocycles. The van der Waals surface area contributed by atoms with Crippen LogP contribution in [0.25, 0.3) is 0 Å². The summed E-state index contributed by atoms with van der Waals surface area (Å²) in [5, 5.41) is 29.2. The molecule has 0 saturated carbocycles. The van der Waals surface area contributed by atoms with E-state index in [0.717, 1.165) is 12.3 Å². The fourth-order valence-corrected chi connectivity index (χ4v) is 2.52. The number of rotatable bonds is 9. The maximum atomic E-state index is 12.1. The van der Waals surface area contributed by atoms with Crippen LogP contribution in [0, 0.1) is 0 Å². The van der Waals surface area contributed by atoms with Gasteiger partial charge in [0.05, 0.1) is 1.37 Å². The summed E-state index contributed by atoms with van der Waals surface area (Å²) < 4.78 is 19.2.